The number of rotatable bonds is 0. The van der Waals surface area contributed by atoms with Gasteiger partial charge >= 0.3 is 0 Å². The van der Waals surface area contributed by atoms with E-state index < -0.39 is 0 Å². The molecule has 5 atom stereocenters. The predicted octanol–water partition coefficient (Wildman–Crippen LogP) is 4.03. The molecule has 4 aliphatic rings. The van der Waals surface area contributed by atoms with E-state index in [4.69, 9.17) is 0 Å². The molecule has 2 fully saturated rings. The summed E-state index contributed by atoms with van der Waals surface area (Å²) in [5, 5.41) is 0. The molecule has 4 aliphatic carbocycles. The summed E-state index contributed by atoms with van der Waals surface area (Å²) in [4.78, 5) is 24.2. The Kier molecular flexibility index (Phi) is 2.77. The lowest BCUT2D eigenvalue weighted by atomic mass is 9.51. The highest BCUT2D eigenvalue weighted by Gasteiger charge is 2.56. The van der Waals surface area contributed by atoms with Crippen LogP contribution in [0.25, 0.3) is 0 Å². The van der Waals surface area contributed by atoms with Crippen LogP contribution in [0.15, 0.2) is 35.5 Å². The van der Waals surface area contributed by atoms with Crippen LogP contribution >= 0.6 is 0 Å². The standard InChI is InChI=1S/C20H24O2/c1-12-10-14-15-4-5-18(22)20(15,3)9-7-16(14)19(2)8-6-13(21)11-17(12)19/h6-8,11-12,14-15H,4-5,9-10H2,1-3H3/t12-,14-,15-,19+,20-/m0/s1. The van der Waals surface area contributed by atoms with E-state index in [0.717, 1.165) is 25.7 Å². The molecule has 0 N–H and O–H groups in total. The quantitative estimate of drug-likeness (QED) is 0.632. The highest BCUT2D eigenvalue weighted by molar-refractivity contribution is 6.01. The Balaban J connectivity index is 1.83. The SMILES string of the molecule is C[C@H]1C[C@@H]2C(=CC[C@]3(C)C(=O)CC[C@@H]23)[C@@]2(C)C=CC(=O)C=C12. The highest BCUT2D eigenvalue weighted by atomic mass is 16.1. The molecule has 0 heterocycles. The van der Waals surface area contributed by atoms with Crippen molar-refractivity contribution in [1.29, 1.82) is 0 Å². The molecule has 0 aliphatic heterocycles. The Bertz CT molecular complexity index is 665. The lowest BCUT2D eigenvalue weighted by Crippen LogP contribution is -2.45. The van der Waals surface area contributed by atoms with Gasteiger partial charge in [-0.05, 0) is 61.7 Å². The van der Waals surface area contributed by atoms with Gasteiger partial charge in [0.25, 0.3) is 0 Å². The van der Waals surface area contributed by atoms with Crippen LogP contribution in [-0.4, -0.2) is 11.6 Å². The van der Waals surface area contributed by atoms with Gasteiger partial charge in [-0.2, -0.15) is 0 Å². The van der Waals surface area contributed by atoms with Crippen LogP contribution in [-0.2, 0) is 9.59 Å². The van der Waals surface area contributed by atoms with Crippen molar-refractivity contribution in [3.05, 3.63) is 35.5 Å². The number of hydrogen-bond acceptors (Lipinski definition) is 2. The average molecular weight is 296 g/mol. The van der Waals surface area contributed by atoms with Gasteiger partial charge in [0.15, 0.2) is 5.78 Å². The maximum atomic E-state index is 12.4. The molecule has 0 unspecified atom stereocenters. The summed E-state index contributed by atoms with van der Waals surface area (Å²) >= 11 is 0. The zero-order chi connectivity index (χ0) is 15.7. The van der Waals surface area contributed by atoms with Gasteiger partial charge in [-0.1, -0.05) is 31.6 Å². The molecule has 0 bridgehead atoms. The van der Waals surface area contributed by atoms with Crippen LogP contribution in [0.2, 0.25) is 0 Å². The molecule has 0 amide bonds. The summed E-state index contributed by atoms with van der Waals surface area (Å²) in [6.07, 6.45) is 11.8. The van der Waals surface area contributed by atoms with Crippen molar-refractivity contribution < 1.29 is 9.59 Å². The van der Waals surface area contributed by atoms with E-state index in [1.807, 2.05) is 6.08 Å². The molecular weight excluding hydrogens is 272 g/mol. The van der Waals surface area contributed by atoms with Gasteiger partial charge in [0, 0.05) is 17.3 Å². The third-order valence-electron chi connectivity index (χ3n) is 6.99. The van der Waals surface area contributed by atoms with Gasteiger partial charge in [0.1, 0.15) is 5.78 Å². The van der Waals surface area contributed by atoms with Crippen LogP contribution in [0, 0.1) is 28.6 Å². The zero-order valence-electron chi connectivity index (χ0n) is 13.7. The molecule has 0 radical (unpaired) electrons. The number of carbonyl (C=O) groups excluding carboxylic acids is 2. The van der Waals surface area contributed by atoms with Crippen LogP contribution < -0.4 is 0 Å². The minimum atomic E-state index is -0.139. The monoisotopic (exact) mass is 296 g/mol. The van der Waals surface area contributed by atoms with Crippen molar-refractivity contribution in [3.8, 4) is 0 Å². The first kappa shape index (κ1) is 14.2. The Morgan fingerprint density at radius 2 is 1.95 bits per heavy atom. The fraction of sp³-hybridized carbons (Fsp3) is 0.600. The molecule has 4 rings (SSSR count). The molecule has 116 valence electrons. The van der Waals surface area contributed by atoms with E-state index in [0.29, 0.717) is 23.5 Å². The van der Waals surface area contributed by atoms with E-state index in [1.165, 1.54) is 11.1 Å². The summed E-state index contributed by atoms with van der Waals surface area (Å²) in [5.41, 5.74) is 2.50. The van der Waals surface area contributed by atoms with Crippen LogP contribution in [0.1, 0.15) is 46.5 Å². The van der Waals surface area contributed by atoms with Gasteiger partial charge in [-0.15, -0.1) is 0 Å². The fourth-order valence-corrected chi connectivity index (χ4v) is 5.71. The second kappa shape index (κ2) is 4.31. The summed E-state index contributed by atoms with van der Waals surface area (Å²) in [6.45, 7) is 6.69. The molecule has 0 aromatic heterocycles. The fourth-order valence-electron chi connectivity index (χ4n) is 5.71. The lowest BCUT2D eigenvalue weighted by molar-refractivity contribution is -0.127. The normalized spacial score (nSPS) is 46.6. The number of fused-ring (bicyclic) bond motifs is 5. The summed E-state index contributed by atoms with van der Waals surface area (Å²) in [7, 11) is 0. The Hall–Kier alpha value is -1.44. The Morgan fingerprint density at radius 1 is 1.18 bits per heavy atom. The molecule has 2 nitrogen and oxygen atoms in total. The number of hydrogen-bond donors (Lipinski definition) is 0. The Labute approximate surface area is 132 Å². The van der Waals surface area contributed by atoms with Crippen molar-refractivity contribution in [2.45, 2.75) is 46.5 Å². The first-order valence-electron chi connectivity index (χ1n) is 8.55. The smallest absolute Gasteiger partial charge is 0.178 e. The molecular formula is C20H24O2. The van der Waals surface area contributed by atoms with E-state index >= 15 is 0 Å². The van der Waals surface area contributed by atoms with Gasteiger partial charge in [0.05, 0.1) is 0 Å². The first-order valence-corrected chi connectivity index (χ1v) is 8.55. The maximum Gasteiger partial charge on any atom is 0.178 e. The van der Waals surface area contributed by atoms with Crippen molar-refractivity contribution in [2.75, 3.05) is 0 Å². The van der Waals surface area contributed by atoms with E-state index in [2.05, 4.69) is 32.9 Å². The lowest BCUT2D eigenvalue weighted by Gasteiger charge is -2.52. The number of carbonyl (C=O) groups is 2. The second-order valence-corrected chi connectivity index (χ2v) is 8.13. The highest BCUT2D eigenvalue weighted by Crippen LogP contribution is 2.62. The van der Waals surface area contributed by atoms with E-state index in [9.17, 15) is 9.59 Å². The number of Topliss-reactive ketones (excluding diaryl/α,β-unsaturated/α-hetero) is 1. The van der Waals surface area contributed by atoms with Gasteiger partial charge in [-0.3, -0.25) is 9.59 Å². The topological polar surface area (TPSA) is 34.1 Å². The van der Waals surface area contributed by atoms with Crippen molar-refractivity contribution >= 4 is 11.6 Å². The van der Waals surface area contributed by atoms with Gasteiger partial charge in [0.2, 0.25) is 0 Å². The second-order valence-electron chi connectivity index (χ2n) is 8.13. The summed E-state index contributed by atoms with van der Waals surface area (Å²) in [6, 6.07) is 0. The van der Waals surface area contributed by atoms with Crippen LogP contribution in [0.3, 0.4) is 0 Å². The first-order chi connectivity index (χ1) is 10.4. The van der Waals surface area contributed by atoms with E-state index in [-0.39, 0.29) is 16.6 Å². The third-order valence-corrected chi connectivity index (χ3v) is 6.99. The molecule has 0 saturated heterocycles. The molecule has 0 aromatic carbocycles. The molecule has 2 saturated carbocycles. The Morgan fingerprint density at radius 3 is 2.73 bits per heavy atom. The number of allylic oxidation sites excluding steroid dienone is 6. The zero-order valence-corrected chi connectivity index (χ0v) is 13.7. The maximum absolute atomic E-state index is 12.4. The minimum Gasteiger partial charge on any atom is -0.299 e. The minimum absolute atomic E-state index is 0.108. The van der Waals surface area contributed by atoms with Crippen molar-refractivity contribution in [1.82, 2.24) is 0 Å². The van der Waals surface area contributed by atoms with Crippen molar-refractivity contribution in [3.63, 3.8) is 0 Å². The molecule has 0 aromatic rings. The summed E-state index contributed by atoms with van der Waals surface area (Å²) < 4.78 is 0. The molecule has 0 spiro atoms. The predicted molar refractivity (Wildman–Crippen MR) is 86.1 cm³/mol. The van der Waals surface area contributed by atoms with Gasteiger partial charge in [-0.25, -0.2) is 0 Å². The largest absolute Gasteiger partial charge is 0.299 e. The van der Waals surface area contributed by atoms with Gasteiger partial charge < -0.3 is 0 Å². The summed E-state index contributed by atoms with van der Waals surface area (Å²) in [5.74, 6) is 1.99. The average Bonchev–Trinajstić information content (AvgIpc) is 2.77. The van der Waals surface area contributed by atoms with Crippen LogP contribution in [0.5, 0.6) is 0 Å². The van der Waals surface area contributed by atoms with Crippen molar-refractivity contribution in [2.24, 2.45) is 28.6 Å². The molecule has 2 heteroatoms. The molecule has 22 heavy (non-hydrogen) atoms. The van der Waals surface area contributed by atoms with E-state index in [1.54, 1.807) is 6.08 Å². The van der Waals surface area contributed by atoms with Crippen LogP contribution in [0.4, 0.5) is 0 Å². The number of ketones is 2. The third kappa shape index (κ3) is 1.61.